The van der Waals surface area contributed by atoms with Gasteiger partial charge in [0.25, 0.3) is 0 Å². The van der Waals surface area contributed by atoms with Crippen molar-refractivity contribution in [2.45, 2.75) is 25.3 Å². The molecule has 134 valence electrons. The molecule has 2 aromatic rings. The fourth-order valence-electron chi connectivity index (χ4n) is 2.88. The number of nitrogens with zero attached hydrogens (tertiary/aromatic N) is 1. The first-order valence-electron chi connectivity index (χ1n) is 8.63. The Labute approximate surface area is 150 Å². The Kier molecular flexibility index (Phi) is 7.02. The maximum absolute atomic E-state index is 12.3. The molecule has 0 radical (unpaired) electrons. The van der Waals surface area contributed by atoms with Crippen LogP contribution >= 0.6 is 0 Å². The van der Waals surface area contributed by atoms with Gasteiger partial charge in [-0.05, 0) is 43.3 Å². The van der Waals surface area contributed by atoms with Crippen LogP contribution in [0.25, 0.3) is 0 Å². The molecule has 25 heavy (non-hydrogen) atoms. The molecule has 0 saturated carbocycles. The van der Waals surface area contributed by atoms with Crippen molar-refractivity contribution in [1.82, 2.24) is 10.2 Å². The highest BCUT2D eigenvalue weighted by Crippen LogP contribution is 2.21. The molecule has 2 rings (SSSR count). The lowest BCUT2D eigenvalue weighted by atomic mass is 9.97. The van der Waals surface area contributed by atoms with Gasteiger partial charge in [-0.1, -0.05) is 49.4 Å². The molecule has 1 N–H and O–H groups in total. The fourth-order valence-corrected chi connectivity index (χ4v) is 2.88. The van der Waals surface area contributed by atoms with E-state index < -0.39 is 0 Å². The summed E-state index contributed by atoms with van der Waals surface area (Å²) in [6.45, 7) is 2.67. The van der Waals surface area contributed by atoms with E-state index in [2.05, 4.69) is 29.3 Å². The summed E-state index contributed by atoms with van der Waals surface area (Å²) in [5.74, 6) is 1.12. The van der Waals surface area contributed by atoms with Crippen LogP contribution in [0, 0.1) is 0 Å². The molecule has 2 aromatic carbocycles. The van der Waals surface area contributed by atoms with E-state index in [0.29, 0.717) is 13.0 Å². The van der Waals surface area contributed by atoms with Crippen molar-refractivity contribution in [1.29, 1.82) is 0 Å². The molecule has 0 aliphatic carbocycles. The van der Waals surface area contributed by atoms with Gasteiger partial charge in [-0.3, -0.25) is 4.79 Å². The molecule has 0 bridgehead atoms. The van der Waals surface area contributed by atoms with Crippen LogP contribution in [-0.4, -0.2) is 38.6 Å². The van der Waals surface area contributed by atoms with E-state index in [1.807, 2.05) is 56.6 Å². The number of methoxy groups -OCH3 is 1. The Morgan fingerprint density at radius 3 is 2.24 bits per heavy atom. The summed E-state index contributed by atoms with van der Waals surface area (Å²) < 4.78 is 5.21. The van der Waals surface area contributed by atoms with Gasteiger partial charge in [0.15, 0.2) is 0 Å². The van der Waals surface area contributed by atoms with Crippen LogP contribution < -0.4 is 10.1 Å². The van der Waals surface area contributed by atoms with Crippen LogP contribution in [0.2, 0.25) is 0 Å². The van der Waals surface area contributed by atoms with E-state index in [1.54, 1.807) is 7.11 Å². The number of hydrogen-bond acceptors (Lipinski definition) is 3. The minimum absolute atomic E-state index is 0.0803. The number of benzene rings is 2. The highest BCUT2D eigenvalue weighted by molar-refractivity contribution is 5.76. The summed E-state index contributed by atoms with van der Waals surface area (Å²) in [5, 5.41) is 3.08. The Morgan fingerprint density at radius 2 is 1.68 bits per heavy atom. The lowest BCUT2D eigenvalue weighted by molar-refractivity contribution is -0.121. The summed E-state index contributed by atoms with van der Waals surface area (Å²) in [7, 11) is 5.70. The normalized spacial score (nSPS) is 13.3. The number of carbonyl (C=O) groups is 1. The van der Waals surface area contributed by atoms with Crippen molar-refractivity contribution in [3.8, 4) is 5.75 Å². The largest absolute Gasteiger partial charge is 0.497 e. The van der Waals surface area contributed by atoms with Gasteiger partial charge in [0.05, 0.1) is 13.2 Å². The number of hydrogen-bond donors (Lipinski definition) is 1. The van der Waals surface area contributed by atoms with Crippen molar-refractivity contribution >= 4 is 5.91 Å². The Balaban J connectivity index is 1.92. The second-order valence-corrected chi connectivity index (χ2v) is 6.57. The monoisotopic (exact) mass is 340 g/mol. The van der Waals surface area contributed by atoms with E-state index in [1.165, 1.54) is 5.56 Å². The Morgan fingerprint density at radius 1 is 1.04 bits per heavy atom. The van der Waals surface area contributed by atoms with Crippen LogP contribution in [0.15, 0.2) is 54.6 Å². The molecule has 4 nitrogen and oxygen atoms in total. The molecule has 1 amide bonds. The molecule has 2 unspecified atom stereocenters. The second kappa shape index (κ2) is 9.23. The number of nitrogens with one attached hydrogen (secondary N) is 1. The van der Waals surface area contributed by atoms with Gasteiger partial charge in [-0.2, -0.15) is 0 Å². The zero-order valence-electron chi connectivity index (χ0n) is 15.5. The van der Waals surface area contributed by atoms with Gasteiger partial charge in [-0.25, -0.2) is 0 Å². The molecule has 0 spiro atoms. The molecule has 0 aromatic heterocycles. The lowest BCUT2D eigenvalue weighted by Gasteiger charge is -2.25. The van der Waals surface area contributed by atoms with Crippen LogP contribution in [-0.2, 0) is 4.79 Å². The molecule has 4 heteroatoms. The van der Waals surface area contributed by atoms with E-state index in [0.717, 1.165) is 11.3 Å². The Hall–Kier alpha value is -2.33. The fraction of sp³-hybridized carbons (Fsp3) is 0.381. The lowest BCUT2D eigenvalue weighted by Crippen LogP contribution is -2.34. The van der Waals surface area contributed by atoms with Gasteiger partial charge in [-0.15, -0.1) is 0 Å². The van der Waals surface area contributed by atoms with Crippen molar-refractivity contribution in [3.05, 3.63) is 65.7 Å². The van der Waals surface area contributed by atoms with Crippen molar-refractivity contribution in [2.24, 2.45) is 0 Å². The van der Waals surface area contributed by atoms with Gasteiger partial charge >= 0.3 is 0 Å². The van der Waals surface area contributed by atoms with Gasteiger partial charge in [0.1, 0.15) is 5.75 Å². The first-order valence-corrected chi connectivity index (χ1v) is 8.63. The van der Waals surface area contributed by atoms with Crippen molar-refractivity contribution in [2.75, 3.05) is 27.7 Å². The molecular weight excluding hydrogens is 312 g/mol. The van der Waals surface area contributed by atoms with Crippen molar-refractivity contribution in [3.63, 3.8) is 0 Å². The van der Waals surface area contributed by atoms with Gasteiger partial charge in [0.2, 0.25) is 5.91 Å². The van der Waals surface area contributed by atoms with Crippen LogP contribution in [0.5, 0.6) is 5.75 Å². The molecule has 2 atom stereocenters. The molecule has 0 fully saturated rings. The zero-order valence-corrected chi connectivity index (χ0v) is 15.5. The molecule has 0 aliphatic heterocycles. The second-order valence-electron chi connectivity index (χ2n) is 6.57. The number of likely N-dealkylation sites (N-methyl/N-ethyl adjacent to an activating group) is 1. The summed E-state index contributed by atoms with van der Waals surface area (Å²) in [4.78, 5) is 14.4. The van der Waals surface area contributed by atoms with Crippen LogP contribution in [0.3, 0.4) is 0 Å². The van der Waals surface area contributed by atoms with E-state index in [-0.39, 0.29) is 17.9 Å². The number of amides is 1. The van der Waals surface area contributed by atoms with Crippen LogP contribution in [0.4, 0.5) is 0 Å². The third-order valence-corrected chi connectivity index (χ3v) is 4.48. The highest BCUT2D eigenvalue weighted by Gasteiger charge is 2.17. The number of carbonyl (C=O) groups excluding carboxylic acids is 1. The van der Waals surface area contributed by atoms with Gasteiger partial charge in [0, 0.05) is 13.0 Å². The maximum Gasteiger partial charge on any atom is 0.220 e. The average Bonchev–Trinajstić information content (AvgIpc) is 2.62. The maximum atomic E-state index is 12.3. The summed E-state index contributed by atoms with van der Waals surface area (Å²) in [6.07, 6.45) is 0.493. The minimum atomic E-state index is 0.0803. The van der Waals surface area contributed by atoms with Gasteiger partial charge < -0.3 is 15.0 Å². The summed E-state index contributed by atoms with van der Waals surface area (Å²) >= 11 is 0. The summed E-state index contributed by atoms with van der Waals surface area (Å²) in [5.41, 5.74) is 2.35. The topological polar surface area (TPSA) is 41.6 Å². The van der Waals surface area contributed by atoms with Crippen LogP contribution in [0.1, 0.15) is 36.4 Å². The smallest absolute Gasteiger partial charge is 0.220 e. The molecule has 0 saturated heterocycles. The quantitative estimate of drug-likeness (QED) is 0.798. The standard InChI is InChI=1S/C21H28N2O2/c1-16(17-8-6-5-7-9-17)14-21(24)22-15-20(23(2)3)18-10-12-19(25-4)13-11-18/h5-13,16,20H,14-15H2,1-4H3,(H,22,24). The third kappa shape index (κ3) is 5.61. The number of ether oxygens (including phenoxy) is 1. The molecular formula is C21H28N2O2. The third-order valence-electron chi connectivity index (χ3n) is 4.48. The van der Waals surface area contributed by atoms with Crippen molar-refractivity contribution < 1.29 is 9.53 Å². The number of rotatable bonds is 8. The first-order chi connectivity index (χ1) is 12.0. The summed E-state index contributed by atoms with van der Waals surface area (Å²) in [6, 6.07) is 18.3. The van der Waals surface area contributed by atoms with E-state index in [9.17, 15) is 4.79 Å². The Bertz CT molecular complexity index is 653. The average molecular weight is 340 g/mol. The highest BCUT2D eigenvalue weighted by atomic mass is 16.5. The SMILES string of the molecule is COc1ccc(C(CNC(=O)CC(C)c2ccccc2)N(C)C)cc1. The zero-order chi connectivity index (χ0) is 18.2. The predicted octanol–water partition coefficient (Wildman–Crippen LogP) is 3.61. The first kappa shape index (κ1) is 19.0. The van der Waals surface area contributed by atoms with E-state index in [4.69, 9.17) is 4.74 Å². The minimum Gasteiger partial charge on any atom is -0.497 e. The predicted molar refractivity (Wildman–Crippen MR) is 102 cm³/mol. The molecule has 0 heterocycles. The van der Waals surface area contributed by atoms with E-state index >= 15 is 0 Å². The molecule has 0 aliphatic rings.